The van der Waals surface area contributed by atoms with E-state index in [4.69, 9.17) is 0 Å². The fraction of sp³-hybridized carbons (Fsp3) is 0.412. The van der Waals surface area contributed by atoms with Crippen LogP contribution in [0.25, 0.3) is 10.9 Å². The first-order chi connectivity index (χ1) is 11.6. The molecule has 0 bridgehead atoms. The summed E-state index contributed by atoms with van der Waals surface area (Å²) in [6.45, 7) is 3.23. The SMILES string of the molecule is CCNC(=NCc1ccnc2ccccc12)NC1CCS(=O)(=O)C1.I. The first-order valence-corrected chi connectivity index (χ1v) is 9.97. The molecule has 1 aromatic carbocycles. The molecule has 0 saturated carbocycles. The fourth-order valence-corrected chi connectivity index (χ4v) is 4.55. The lowest BCUT2D eigenvalue weighted by molar-refractivity contribution is 0.599. The molecule has 2 N–H and O–H groups in total. The molecule has 1 atom stereocenters. The Balaban J connectivity index is 0.00000225. The van der Waals surface area contributed by atoms with Gasteiger partial charge in [-0.05, 0) is 31.0 Å². The molecule has 3 rings (SSSR count). The zero-order chi connectivity index (χ0) is 17.0. The number of nitrogens with zero attached hydrogens (tertiary/aromatic N) is 2. The van der Waals surface area contributed by atoms with Gasteiger partial charge >= 0.3 is 0 Å². The second-order valence-electron chi connectivity index (χ2n) is 5.93. The molecule has 25 heavy (non-hydrogen) atoms. The van der Waals surface area contributed by atoms with E-state index in [-0.39, 0.29) is 41.5 Å². The number of aliphatic imine (C=N–C) groups is 1. The summed E-state index contributed by atoms with van der Waals surface area (Å²) in [6, 6.07) is 9.88. The van der Waals surface area contributed by atoms with Gasteiger partial charge in [-0.15, -0.1) is 24.0 Å². The average Bonchev–Trinajstić information content (AvgIpc) is 2.91. The summed E-state index contributed by atoms with van der Waals surface area (Å²) in [5, 5.41) is 7.50. The van der Waals surface area contributed by atoms with E-state index in [2.05, 4.69) is 20.6 Å². The number of guanidine groups is 1. The lowest BCUT2D eigenvalue weighted by Gasteiger charge is -2.16. The number of sulfone groups is 1. The van der Waals surface area contributed by atoms with Crippen LogP contribution in [-0.4, -0.2) is 43.5 Å². The van der Waals surface area contributed by atoms with Crippen LogP contribution in [-0.2, 0) is 16.4 Å². The molecule has 2 aromatic rings. The van der Waals surface area contributed by atoms with Crippen LogP contribution in [0, 0.1) is 0 Å². The van der Waals surface area contributed by atoms with Gasteiger partial charge in [-0.25, -0.2) is 13.4 Å². The Morgan fingerprint density at radius 1 is 1.32 bits per heavy atom. The predicted molar refractivity (Wildman–Crippen MR) is 112 cm³/mol. The Morgan fingerprint density at radius 3 is 2.84 bits per heavy atom. The predicted octanol–water partition coefficient (Wildman–Crippen LogP) is 2.10. The quantitative estimate of drug-likeness (QED) is 0.403. The van der Waals surface area contributed by atoms with Crippen molar-refractivity contribution in [1.29, 1.82) is 0 Å². The molecule has 0 spiro atoms. The molecule has 1 saturated heterocycles. The third kappa shape index (κ3) is 5.27. The first kappa shape index (κ1) is 19.9. The molecule has 1 aliphatic heterocycles. The molecule has 8 heteroatoms. The number of hydrogen-bond acceptors (Lipinski definition) is 4. The van der Waals surface area contributed by atoms with Crippen LogP contribution in [0.4, 0.5) is 0 Å². The van der Waals surface area contributed by atoms with E-state index in [1.165, 1.54) is 0 Å². The number of fused-ring (bicyclic) bond motifs is 1. The zero-order valence-electron chi connectivity index (χ0n) is 14.1. The Hall–Kier alpha value is -1.42. The van der Waals surface area contributed by atoms with Crippen LogP contribution in [0.15, 0.2) is 41.5 Å². The van der Waals surface area contributed by atoms with Crippen molar-refractivity contribution < 1.29 is 8.42 Å². The second-order valence-corrected chi connectivity index (χ2v) is 8.16. The average molecular weight is 474 g/mol. The number of pyridine rings is 1. The first-order valence-electron chi connectivity index (χ1n) is 8.15. The van der Waals surface area contributed by atoms with Crippen molar-refractivity contribution in [1.82, 2.24) is 15.6 Å². The molecule has 1 unspecified atom stereocenters. The zero-order valence-corrected chi connectivity index (χ0v) is 17.3. The molecule has 0 radical (unpaired) electrons. The number of nitrogens with one attached hydrogen (secondary N) is 2. The highest BCUT2D eigenvalue weighted by molar-refractivity contribution is 14.0. The number of benzene rings is 1. The highest BCUT2D eigenvalue weighted by Gasteiger charge is 2.28. The summed E-state index contributed by atoms with van der Waals surface area (Å²) in [6.07, 6.45) is 2.42. The van der Waals surface area contributed by atoms with E-state index in [9.17, 15) is 8.42 Å². The van der Waals surface area contributed by atoms with Crippen LogP contribution >= 0.6 is 24.0 Å². The van der Waals surface area contributed by atoms with Crippen molar-refractivity contribution in [3.8, 4) is 0 Å². The maximum atomic E-state index is 11.6. The minimum atomic E-state index is -2.91. The van der Waals surface area contributed by atoms with Crippen LogP contribution in [0.5, 0.6) is 0 Å². The topological polar surface area (TPSA) is 83.4 Å². The van der Waals surface area contributed by atoms with Crippen molar-refractivity contribution in [2.24, 2.45) is 4.99 Å². The molecule has 0 aliphatic carbocycles. The molecular weight excluding hydrogens is 451 g/mol. The van der Waals surface area contributed by atoms with Gasteiger partial charge in [0.15, 0.2) is 15.8 Å². The monoisotopic (exact) mass is 474 g/mol. The van der Waals surface area contributed by atoms with Crippen LogP contribution < -0.4 is 10.6 Å². The summed E-state index contributed by atoms with van der Waals surface area (Å²) in [4.78, 5) is 8.97. The smallest absolute Gasteiger partial charge is 0.191 e. The van der Waals surface area contributed by atoms with Gasteiger partial charge in [-0.2, -0.15) is 0 Å². The van der Waals surface area contributed by atoms with Crippen LogP contribution in [0.1, 0.15) is 18.9 Å². The molecule has 1 aromatic heterocycles. The molecule has 2 heterocycles. The molecule has 0 amide bonds. The minimum absolute atomic E-state index is 0. The van der Waals surface area contributed by atoms with Crippen molar-refractivity contribution >= 4 is 50.7 Å². The number of para-hydroxylation sites is 1. The molecule has 136 valence electrons. The Labute approximate surface area is 165 Å². The van der Waals surface area contributed by atoms with Crippen LogP contribution in [0.2, 0.25) is 0 Å². The Bertz CT molecular complexity index is 849. The summed E-state index contributed by atoms with van der Waals surface area (Å²) in [5.41, 5.74) is 2.04. The summed E-state index contributed by atoms with van der Waals surface area (Å²) >= 11 is 0. The van der Waals surface area contributed by atoms with Gasteiger partial charge in [0, 0.05) is 24.2 Å². The normalized spacial score (nSPS) is 19.4. The van der Waals surface area contributed by atoms with Gasteiger partial charge in [-0.1, -0.05) is 18.2 Å². The van der Waals surface area contributed by atoms with E-state index in [0.717, 1.165) is 23.0 Å². The van der Waals surface area contributed by atoms with Gasteiger partial charge in [0.2, 0.25) is 0 Å². The summed E-state index contributed by atoms with van der Waals surface area (Å²) in [5.74, 6) is 1.08. The number of rotatable bonds is 4. The van der Waals surface area contributed by atoms with E-state index < -0.39 is 9.84 Å². The number of hydrogen-bond donors (Lipinski definition) is 2. The van der Waals surface area contributed by atoms with Crippen molar-refractivity contribution in [3.05, 3.63) is 42.1 Å². The van der Waals surface area contributed by atoms with E-state index in [0.29, 0.717) is 18.9 Å². The Kier molecular flexibility index (Phi) is 7.00. The lowest BCUT2D eigenvalue weighted by atomic mass is 10.1. The number of aromatic nitrogens is 1. The number of halogens is 1. The molecule has 1 aliphatic rings. The minimum Gasteiger partial charge on any atom is -0.357 e. The Morgan fingerprint density at radius 2 is 2.12 bits per heavy atom. The van der Waals surface area contributed by atoms with Crippen molar-refractivity contribution in [3.63, 3.8) is 0 Å². The molecular formula is C17H23IN4O2S. The highest BCUT2D eigenvalue weighted by atomic mass is 127. The maximum absolute atomic E-state index is 11.6. The standard InChI is InChI=1S/C17H22N4O2S.HI/c1-2-18-17(21-14-8-10-24(22,23)12-14)20-11-13-7-9-19-16-6-4-3-5-15(13)16;/h3-7,9,14H,2,8,10-12H2,1H3,(H2,18,20,21);1H. The highest BCUT2D eigenvalue weighted by Crippen LogP contribution is 2.17. The van der Waals surface area contributed by atoms with E-state index >= 15 is 0 Å². The van der Waals surface area contributed by atoms with Gasteiger partial charge < -0.3 is 10.6 Å². The van der Waals surface area contributed by atoms with Crippen molar-refractivity contribution in [2.45, 2.75) is 25.9 Å². The van der Waals surface area contributed by atoms with Gasteiger partial charge in [0.05, 0.1) is 23.6 Å². The third-order valence-corrected chi connectivity index (χ3v) is 5.83. The molecule has 6 nitrogen and oxygen atoms in total. The largest absolute Gasteiger partial charge is 0.357 e. The van der Waals surface area contributed by atoms with Gasteiger partial charge in [-0.3, -0.25) is 4.98 Å². The van der Waals surface area contributed by atoms with E-state index in [1.807, 2.05) is 37.3 Å². The summed E-state index contributed by atoms with van der Waals surface area (Å²) < 4.78 is 23.2. The van der Waals surface area contributed by atoms with Gasteiger partial charge in [0.25, 0.3) is 0 Å². The second kappa shape index (κ2) is 8.79. The lowest BCUT2D eigenvalue weighted by Crippen LogP contribution is -2.44. The van der Waals surface area contributed by atoms with Crippen molar-refractivity contribution in [2.75, 3.05) is 18.1 Å². The van der Waals surface area contributed by atoms with E-state index in [1.54, 1.807) is 6.20 Å². The maximum Gasteiger partial charge on any atom is 0.191 e. The van der Waals surface area contributed by atoms with Crippen LogP contribution in [0.3, 0.4) is 0 Å². The fourth-order valence-electron chi connectivity index (χ4n) is 2.88. The van der Waals surface area contributed by atoms with Gasteiger partial charge in [0.1, 0.15) is 0 Å². The third-order valence-electron chi connectivity index (χ3n) is 4.06. The summed E-state index contributed by atoms with van der Waals surface area (Å²) in [7, 11) is -2.91. The molecule has 1 fully saturated rings.